The second-order valence-electron chi connectivity index (χ2n) is 6.47. The van der Waals surface area contributed by atoms with Crippen molar-refractivity contribution in [3.8, 4) is 23.0 Å². The third-order valence-electron chi connectivity index (χ3n) is 4.32. The summed E-state index contributed by atoms with van der Waals surface area (Å²) in [5, 5.41) is 13.6. The summed E-state index contributed by atoms with van der Waals surface area (Å²) >= 11 is 0. The van der Waals surface area contributed by atoms with Gasteiger partial charge in [0.1, 0.15) is 11.5 Å². The number of rotatable bonds is 8. The normalized spacial score (nSPS) is 10.6. The number of nitrogens with zero attached hydrogens (tertiary/aromatic N) is 1. The number of nitrogens with one attached hydrogen (secondary N) is 1. The fourth-order valence-electron chi connectivity index (χ4n) is 2.73. The van der Waals surface area contributed by atoms with E-state index < -0.39 is 11.9 Å². The van der Waals surface area contributed by atoms with Gasteiger partial charge in [0.05, 0.1) is 31.1 Å². The van der Waals surface area contributed by atoms with Crippen molar-refractivity contribution in [2.45, 2.75) is 6.92 Å². The summed E-state index contributed by atoms with van der Waals surface area (Å²) in [4.78, 5) is 24.6. The average Bonchev–Trinajstić information content (AvgIpc) is 2.81. The number of phenolic OH excluding ortho intramolecular Hbond substituents is 1. The third-order valence-corrected chi connectivity index (χ3v) is 4.32. The Morgan fingerprint density at radius 1 is 1.03 bits per heavy atom. The molecule has 0 bridgehead atoms. The first-order valence-electron chi connectivity index (χ1n) is 9.76. The molecule has 3 aromatic carbocycles. The number of para-hydroxylation sites is 1. The number of aromatic hydroxyl groups is 1. The van der Waals surface area contributed by atoms with Gasteiger partial charge in [-0.25, -0.2) is 10.2 Å². The van der Waals surface area contributed by atoms with Crippen molar-refractivity contribution < 1.29 is 28.9 Å². The molecule has 0 aliphatic heterocycles. The number of ether oxygens (including phenoxy) is 3. The van der Waals surface area contributed by atoms with Crippen molar-refractivity contribution in [1.82, 2.24) is 5.43 Å². The van der Waals surface area contributed by atoms with E-state index in [0.29, 0.717) is 29.2 Å². The fraction of sp³-hybridized carbons (Fsp3) is 0.125. The van der Waals surface area contributed by atoms with E-state index >= 15 is 0 Å². The van der Waals surface area contributed by atoms with Crippen LogP contribution in [0.5, 0.6) is 23.0 Å². The van der Waals surface area contributed by atoms with E-state index in [1.165, 1.54) is 18.3 Å². The van der Waals surface area contributed by atoms with Gasteiger partial charge in [-0.15, -0.1) is 0 Å². The molecule has 0 unspecified atom stereocenters. The first-order chi connectivity index (χ1) is 15.5. The molecule has 0 spiro atoms. The number of phenols is 1. The molecule has 0 aliphatic rings. The molecule has 0 radical (unpaired) electrons. The highest BCUT2D eigenvalue weighted by Crippen LogP contribution is 2.29. The molecule has 3 aromatic rings. The Morgan fingerprint density at radius 3 is 2.47 bits per heavy atom. The van der Waals surface area contributed by atoms with Crippen molar-refractivity contribution in [2.75, 3.05) is 13.7 Å². The van der Waals surface area contributed by atoms with Crippen LogP contribution in [0.4, 0.5) is 0 Å². The van der Waals surface area contributed by atoms with Crippen molar-refractivity contribution in [3.63, 3.8) is 0 Å². The van der Waals surface area contributed by atoms with Crippen LogP contribution in [0.1, 0.15) is 33.2 Å². The monoisotopic (exact) mass is 434 g/mol. The number of carbonyl (C=O) groups excluding carboxylic acids is 2. The molecule has 3 rings (SSSR count). The number of carbonyl (C=O) groups is 2. The summed E-state index contributed by atoms with van der Waals surface area (Å²) in [6, 6.07) is 17.6. The van der Waals surface area contributed by atoms with Crippen LogP contribution in [0, 0.1) is 0 Å². The molecule has 2 N–H and O–H groups in total. The molecular weight excluding hydrogens is 412 g/mol. The summed E-state index contributed by atoms with van der Waals surface area (Å²) in [6.07, 6.45) is 1.41. The van der Waals surface area contributed by atoms with Crippen molar-refractivity contribution in [3.05, 3.63) is 83.4 Å². The van der Waals surface area contributed by atoms with Crippen LogP contribution in [0.15, 0.2) is 71.8 Å². The SMILES string of the molecule is CCOc1cc(/C=N\NC(=O)c2ccccc2O)ccc1OC(=O)c1ccc(OC)cc1. The third kappa shape index (κ3) is 5.63. The number of methoxy groups -OCH3 is 1. The quantitative estimate of drug-likeness (QED) is 0.242. The topological polar surface area (TPSA) is 106 Å². The van der Waals surface area contributed by atoms with Crippen LogP contribution in [0.2, 0.25) is 0 Å². The minimum atomic E-state index is -0.547. The Balaban J connectivity index is 1.70. The zero-order chi connectivity index (χ0) is 22.9. The predicted octanol–water partition coefficient (Wildman–Crippen LogP) is 3.78. The predicted molar refractivity (Wildman–Crippen MR) is 119 cm³/mol. The van der Waals surface area contributed by atoms with Crippen LogP contribution < -0.4 is 19.6 Å². The summed E-state index contributed by atoms with van der Waals surface area (Å²) in [6.45, 7) is 2.17. The van der Waals surface area contributed by atoms with Gasteiger partial charge in [-0.2, -0.15) is 5.10 Å². The fourth-order valence-corrected chi connectivity index (χ4v) is 2.73. The lowest BCUT2D eigenvalue weighted by atomic mass is 10.2. The molecule has 0 heterocycles. The van der Waals surface area contributed by atoms with Crippen LogP contribution >= 0.6 is 0 Å². The second kappa shape index (κ2) is 10.6. The van der Waals surface area contributed by atoms with Gasteiger partial charge >= 0.3 is 5.97 Å². The summed E-state index contributed by atoms with van der Waals surface area (Å²) < 4.78 is 16.1. The molecule has 0 saturated heterocycles. The van der Waals surface area contributed by atoms with E-state index in [9.17, 15) is 14.7 Å². The molecule has 32 heavy (non-hydrogen) atoms. The van der Waals surface area contributed by atoms with E-state index in [4.69, 9.17) is 14.2 Å². The van der Waals surface area contributed by atoms with Gasteiger partial charge in [-0.1, -0.05) is 12.1 Å². The highest BCUT2D eigenvalue weighted by molar-refractivity contribution is 5.97. The summed E-state index contributed by atoms with van der Waals surface area (Å²) in [5.41, 5.74) is 3.44. The average molecular weight is 434 g/mol. The maximum Gasteiger partial charge on any atom is 0.343 e. The van der Waals surface area contributed by atoms with E-state index in [2.05, 4.69) is 10.5 Å². The molecule has 0 saturated carbocycles. The maximum atomic E-state index is 12.5. The van der Waals surface area contributed by atoms with Crippen molar-refractivity contribution in [1.29, 1.82) is 0 Å². The molecule has 1 amide bonds. The number of esters is 1. The number of amides is 1. The lowest BCUT2D eigenvalue weighted by Crippen LogP contribution is -2.17. The molecule has 0 aromatic heterocycles. The van der Waals surface area contributed by atoms with Crippen LogP contribution in [0.25, 0.3) is 0 Å². The molecule has 8 heteroatoms. The Hall–Kier alpha value is -4.33. The van der Waals surface area contributed by atoms with E-state index in [1.807, 2.05) is 6.92 Å². The standard InChI is InChI=1S/C24H22N2O6/c1-3-31-22-14-16(15-25-26-23(28)19-6-4-5-7-20(19)27)8-13-21(22)32-24(29)17-9-11-18(30-2)12-10-17/h4-15,27H,3H2,1-2H3,(H,26,28)/b25-15-. The first-order valence-corrected chi connectivity index (χ1v) is 9.76. The first kappa shape index (κ1) is 22.4. The van der Waals surface area contributed by atoms with Crippen molar-refractivity contribution >= 4 is 18.1 Å². The van der Waals surface area contributed by atoms with Gasteiger partial charge in [-0.05, 0) is 67.1 Å². The van der Waals surface area contributed by atoms with Gasteiger partial charge in [-0.3, -0.25) is 4.79 Å². The highest BCUT2D eigenvalue weighted by Gasteiger charge is 2.14. The Labute approximate surface area is 185 Å². The Bertz CT molecular complexity index is 1130. The molecular formula is C24H22N2O6. The Morgan fingerprint density at radius 2 is 1.78 bits per heavy atom. The molecule has 0 atom stereocenters. The maximum absolute atomic E-state index is 12.5. The number of hydrogen-bond donors (Lipinski definition) is 2. The van der Waals surface area contributed by atoms with Gasteiger partial charge in [0.2, 0.25) is 0 Å². The molecule has 8 nitrogen and oxygen atoms in total. The van der Waals surface area contributed by atoms with Crippen LogP contribution in [-0.4, -0.2) is 36.9 Å². The highest BCUT2D eigenvalue weighted by atomic mass is 16.6. The molecule has 0 aliphatic carbocycles. The van der Waals surface area contributed by atoms with Crippen molar-refractivity contribution in [2.24, 2.45) is 5.10 Å². The lowest BCUT2D eigenvalue weighted by molar-refractivity contribution is 0.0728. The number of hydrogen-bond acceptors (Lipinski definition) is 7. The van der Waals surface area contributed by atoms with E-state index in [-0.39, 0.29) is 17.1 Å². The van der Waals surface area contributed by atoms with Gasteiger partial charge in [0, 0.05) is 0 Å². The minimum absolute atomic E-state index is 0.112. The number of hydrazone groups is 1. The molecule has 164 valence electrons. The van der Waals surface area contributed by atoms with E-state index in [1.54, 1.807) is 61.7 Å². The van der Waals surface area contributed by atoms with E-state index in [0.717, 1.165) is 0 Å². The van der Waals surface area contributed by atoms with Gasteiger partial charge in [0.15, 0.2) is 11.5 Å². The molecule has 0 fully saturated rings. The Kier molecular flexibility index (Phi) is 7.42. The zero-order valence-corrected chi connectivity index (χ0v) is 17.6. The lowest BCUT2D eigenvalue weighted by Gasteiger charge is -2.11. The van der Waals surface area contributed by atoms with Crippen LogP contribution in [0.3, 0.4) is 0 Å². The van der Waals surface area contributed by atoms with Gasteiger partial charge < -0.3 is 19.3 Å². The minimum Gasteiger partial charge on any atom is -0.507 e. The second-order valence-corrected chi connectivity index (χ2v) is 6.47. The summed E-state index contributed by atoms with van der Waals surface area (Å²) in [7, 11) is 1.55. The van der Waals surface area contributed by atoms with Gasteiger partial charge in [0.25, 0.3) is 5.91 Å². The summed E-state index contributed by atoms with van der Waals surface area (Å²) in [5.74, 6) is 0.0180. The zero-order valence-electron chi connectivity index (χ0n) is 17.6. The smallest absolute Gasteiger partial charge is 0.343 e. The van der Waals surface area contributed by atoms with Crippen LogP contribution in [-0.2, 0) is 0 Å². The number of benzene rings is 3. The largest absolute Gasteiger partial charge is 0.507 e.